The molecule has 1 aliphatic rings. The predicted octanol–water partition coefficient (Wildman–Crippen LogP) is 4.23. The van der Waals surface area contributed by atoms with Crippen LogP contribution in [0.2, 0.25) is 5.02 Å². The highest BCUT2D eigenvalue weighted by Crippen LogP contribution is 2.39. The molecule has 1 unspecified atom stereocenters. The van der Waals surface area contributed by atoms with Gasteiger partial charge < -0.3 is 9.88 Å². The first-order chi connectivity index (χ1) is 14.5. The Morgan fingerprint density at radius 1 is 1.07 bits per heavy atom. The number of nitrogens with zero attached hydrogens (tertiary/aromatic N) is 5. The number of aromatic amines is 1. The summed E-state index contributed by atoms with van der Waals surface area (Å²) in [6.45, 7) is 4.78. The molecule has 5 rings (SSSR count). The summed E-state index contributed by atoms with van der Waals surface area (Å²) in [7, 11) is 0. The van der Waals surface area contributed by atoms with E-state index in [0.717, 1.165) is 40.0 Å². The van der Waals surface area contributed by atoms with Crippen molar-refractivity contribution in [1.29, 1.82) is 0 Å². The van der Waals surface area contributed by atoms with Gasteiger partial charge in [-0.2, -0.15) is 0 Å². The number of halogens is 1. The number of rotatable bonds is 2. The Bertz CT molecular complexity index is 1270. The first kappa shape index (κ1) is 18.6. The Balaban J connectivity index is 1.74. The molecule has 4 aromatic rings. The second-order valence-electron chi connectivity index (χ2n) is 7.43. The number of anilines is 2. The Morgan fingerprint density at radius 2 is 1.90 bits per heavy atom. The minimum Gasteiger partial charge on any atom is -0.328 e. The maximum absolute atomic E-state index is 11.5. The van der Waals surface area contributed by atoms with Gasteiger partial charge in [0.25, 0.3) is 0 Å². The average molecular weight is 419 g/mol. The number of hydrogen-bond donors (Lipinski definition) is 1. The standard InChI is InChI=1S/C22H19ClN6O/c1-13-12-28(20-7-5-17(23)11-24-20)19-9-15(16-4-8-21(30)25-10-16)3-6-18(19)29-14(2)26-27-22(13)29/h3-11,13H,12H2,1-2H3,(H,25,30). The molecule has 0 fully saturated rings. The van der Waals surface area contributed by atoms with E-state index in [4.69, 9.17) is 11.6 Å². The largest absolute Gasteiger partial charge is 0.328 e. The zero-order valence-electron chi connectivity index (χ0n) is 16.5. The normalized spacial score (nSPS) is 15.4. The number of benzene rings is 1. The molecule has 4 heterocycles. The summed E-state index contributed by atoms with van der Waals surface area (Å²) in [4.78, 5) is 21.0. The molecule has 0 saturated carbocycles. The highest BCUT2D eigenvalue weighted by Gasteiger charge is 2.29. The van der Waals surface area contributed by atoms with Gasteiger partial charge in [0.1, 0.15) is 17.5 Å². The second kappa shape index (κ2) is 7.11. The second-order valence-corrected chi connectivity index (χ2v) is 7.87. The Hall–Kier alpha value is -3.45. The molecule has 8 heteroatoms. The third kappa shape index (κ3) is 3.07. The van der Waals surface area contributed by atoms with Crippen LogP contribution in [-0.2, 0) is 0 Å². The molecule has 0 saturated heterocycles. The van der Waals surface area contributed by atoms with Crippen molar-refractivity contribution in [3.8, 4) is 16.8 Å². The van der Waals surface area contributed by atoms with Gasteiger partial charge in [-0.3, -0.25) is 9.36 Å². The van der Waals surface area contributed by atoms with Gasteiger partial charge in [-0.1, -0.05) is 24.6 Å². The van der Waals surface area contributed by atoms with Gasteiger partial charge in [0, 0.05) is 30.9 Å². The van der Waals surface area contributed by atoms with Gasteiger partial charge >= 0.3 is 0 Å². The van der Waals surface area contributed by atoms with Crippen molar-refractivity contribution in [2.45, 2.75) is 19.8 Å². The van der Waals surface area contributed by atoms with Crippen LogP contribution in [0.4, 0.5) is 11.5 Å². The molecular weight excluding hydrogens is 400 g/mol. The van der Waals surface area contributed by atoms with Crippen molar-refractivity contribution in [2.75, 3.05) is 11.4 Å². The molecule has 1 aromatic carbocycles. The zero-order chi connectivity index (χ0) is 20.8. The number of aromatic nitrogens is 5. The first-order valence-electron chi connectivity index (χ1n) is 9.66. The molecule has 0 spiro atoms. The van der Waals surface area contributed by atoms with Crippen molar-refractivity contribution >= 4 is 23.1 Å². The van der Waals surface area contributed by atoms with Crippen molar-refractivity contribution in [3.63, 3.8) is 0 Å². The first-order valence-corrected chi connectivity index (χ1v) is 10.0. The summed E-state index contributed by atoms with van der Waals surface area (Å²) in [5.74, 6) is 2.69. The van der Waals surface area contributed by atoms with Crippen LogP contribution in [0.5, 0.6) is 0 Å². The van der Waals surface area contributed by atoms with E-state index in [1.807, 2.05) is 31.2 Å². The molecular formula is C22H19ClN6O. The monoisotopic (exact) mass is 418 g/mol. The van der Waals surface area contributed by atoms with Gasteiger partial charge in [0.2, 0.25) is 5.56 Å². The summed E-state index contributed by atoms with van der Waals surface area (Å²) in [5.41, 5.74) is 3.77. The van der Waals surface area contributed by atoms with Crippen LogP contribution in [0.1, 0.15) is 24.5 Å². The van der Waals surface area contributed by atoms with Gasteiger partial charge in [-0.25, -0.2) is 4.98 Å². The third-order valence-electron chi connectivity index (χ3n) is 5.36. The molecule has 1 N–H and O–H groups in total. The third-order valence-corrected chi connectivity index (χ3v) is 5.58. The highest BCUT2D eigenvalue weighted by atomic mass is 35.5. The number of fused-ring (bicyclic) bond motifs is 3. The van der Waals surface area contributed by atoms with Crippen LogP contribution in [0.15, 0.2) is 59.7 Å². The molecule has 1 atom stereocenters. The molecule has 1 aliphatic heterocycles. The topological polar surface area (TPSA) is 79.7 Å². The number of hydrogen-bond acceptors (Lipinski definition) is 5. The average Bonchev–Trinajstić information content (AvgIpc) is 3.08. The molecule has 0 bridgehead atoms. The lowest BCUT2D eigenvalue weighted by atomic mass is 10.1. The Morgan fingerprint density at radius 3 is 2.63 bits per heavy atom. The highest BCUT2D eigenvalue weighted by molar-refractivity contribution is 6.30. The maximum atomic E-state index is 11.5. The SMILES string of the molecule is Cc1nnc2n1-c1ccc(-c3ccc(=O)[nH]c3)cc1N(c1ccc(Cl)cn1)CC2C. The fraction of sp³-hybridized carbons (Fsp3) is 0.182. The smallest absolute Gasteiger partial charge is 0.247 e. The summed E-state index contributed by atoms with van der Waals surface area (Å²) in [5, 5.41) is 9.34. The van der Waals surface area contributed by atoms with Gasteiger partial charge in [0.15, 0.2) is 0 Å². The van der Waals surface area contributed by atoms with Crippen LogP contribution >= 0.6 is 11.6 Å². The van der Waals surface area contributed by atoms with Gasteiger partial charge in [0.05, 0.1) is 16.4 Å². The van der Waals surface area contributed by atoms with Crippen molar-refractivity contribution in [3.05, 3.63) is 81.9 Å². The van der Waals surface area contributed by atoms with E-state index >= 15 is 0 Å². The van der Waals surface area contributed by atoms with E-state index in [1.54, 1.807) is 12.4 Å². The molecule has 0 radical (unpaired) electrons. The van der Waals surface area contributed by atoms with E-state index in [1.165, 1.54) is 6.07 Å². The van der Waals surface area contributed by atoms with E-state index in [0.29, 0.717) is 11.6 Å². The van der Waals surface area contributed by atoms with Crippen molar-refractivity contribution < 1.29 is 0 Å². The van der Waals surface area contributed by atoms with Crippen LogP contribution in [-0.4, -0.2) is 31.3 Å². The lowest BCUT2D eigenvalue weighted by Gasteiger charge is -2.26. The fourth-order valence-electron chi connectivity index (χ4n) is 3.89. The molecule has 0 aliphatic carbocycles. The molecule has 0 amide bonds. The number of pyridine rings is 2. The number of aryl methyl sites for hydroxylation is 1. The van der Waals surface area contributed by atoms with Crippen LogP contribution in [0.25, 0.3) is 16.8 Å². The van der Waals surface area contributed by atoms with Crippen LogP contribution in [0.3, 0.4) is 0 Å². The summed E-state index contributed by atoms with van der Waals surface area (Å²) < 4.78 is 2.10. The predicted molar refractivity (Wildman–Crippen MR) is 117 cm³/mol. The minimum atomic E-state index is -0.126. The summed E-state index contributed by atoms with van der Waals surface area (Å²) in [6, 6.07) is 13.3. The molecule has 30 heavy (non-hydrogen) atoms. The quantitative estimate of drug-likeness (QED) is 0.526. The maximum Gasteiger partial charge on any atom is 0.247 e. The lowest BCUT2D eigenvalue weighted by molar-refractivity contribution is 0.693. The summed E-state index contributed by atoms with van der Waals surface area (Å²) in [6.07, 6.45) is 3.38. The molecule has 3 aromatic heterocycles. The van der Waals surface area contributed by atoms with Gasteiger partial charge in [-0.05, 0) is 48.4 Å². The van der Waals surface area contributed by atoms with Gasteiger partial charge in [-0.15, -0.1) is 10.2 Å². The molecule has 150 valence electrons. The Labute approximate surface area is 178 Å². The minimum absolute atomic E-state index is 0.126. The van der Waals surface area contributed by atoms with Crippen molar-refractivity contribution in [2.24, 2.45) is 0 Å². The van der Waals surface area contributed by atoms with E-state index in [-0.39, 0.29) is 11.5 Å². The van der Waals surface area contributed by atoms with Crippen LogP contribution < -0.4 is 10.5 Å². The zero-order valence-corrected chi connectivity index (χ0v) is 17.3. The number of H-pyrrole nitrogens is 1. The molecule has 7 nitrogen and oxygen atoms in total. The fourth-order valence-corrected chi connectivity index (χ4v) is 4.00. The number of nitrogens with one attached hydrogen (secondary N) is 1. The Kier molecular flexibility index (Phi) is 4.40. The van der Waals surface area contributed by atoms with E-state index in [9.17, 15) is 4.79 Å². The van der Waals surface area contributed by atoms with E-state index in [2.05, 4.69) is 48.7 Å². The lowest BCUT2D eigenvalue weighted by Crippen LogP contribution is -2.22. The van der Waals surface area contributed by atoms with Crippen molar-refractivity contribution in [1.82, 2.24) is 24.7 Å². The van der Waals surface area contributed by atoms with Crippen LogP contribution in [0, 0.1) is 6.92 Å². The summed E-state index contributed by atoms with van der Waals surface area (Å²) >= 11 is 6.07. The van der Waals surface area contributed by atoms with E-state index < -0.39 is 0 Å².